The second-order valence-electron chi connectivity index (χ2n) is 4.85. The van der Waals surface area contributed by atoms with Crippen molar-refractivity contribution in [2.45, 2.75) is 38.1 Å². The summed E-state index contributed by atoms with van der Waals surface area (Å²) in [5, 5.41) is 11.6. The Hall–Kier alpha value is -1.57. The molecule has 3 unspecified atom stereocenters. The van der Waals surface area contributed by atoms with E-state index < -0.39 is 11.5 Å². The molecule has 2 rings (SSSR count). The fourth-order valence-corrected chi connectivity index (χ4v) is 2.88. The number of guanidine groups is 1. The molecule has 0 aromatic carbocycles. The molecule has 0 bridgehead atoms. The number of rotatable bonds is 0. The van der Waals surface area contributed by atoms with Gasteiger partial charge < -0.3 is 5.73 Å². The third-order valence-corrected chi connectivity index (χ3v) is 3.53. The number of nitrogens with zero attached hydrogens (tertiary/aromatic N) is 2. The Bertz CT molecular complexity index is 384. The Morgan fingerprint density at radius 1 is 1.69 bits per heavy atom. The summed E-state index contributed by atoms with van der Waals surface area (Å²) < 4.78 is 0. The van der Waals surface area contributed by atoms with Crippen molar-refractivity contribution in [1.29, 1.82) is 5.26 Å². The minimum Gasteiger partial charge on any atom is -0.370 e. The van der Waals surface area contributed by atoms with E-state index in [1.54, 1.807) is 0 Å². The lowest BCUT2D eigenvalue weighted by Gasteiger charge is -2.41. The molecule has 0 aromatic rings. The molecular weight excluding hydrogens is 204 g/mol. The first-order chi connectivity index (χ1) is 7.57. The van der Waals surface area contributed by atoms with Crippen LogP contribution in [0, 0.1) is 23.2 Å². The summed E-state index contributed by atoms with van der Waals surface area (Å²) in [4.78, 5) is 16.1. The predicted octanol–water partition coefficient (Wildman–Crippen LogP) is 0.520. The fraction of sp³-hybridized carbons (Fsp3) is 0.727. The van der Waals surface area contributed by atoms with Crippen molar-refractivity contribution < 1.29 is 4.79 Å². The van der Waals surface area contributed by atoms with E-state index in [-0.39, 0.29) is 11.9 Å². The van der Waals surface area contributed by atoms with Crippen LogP contribution in [0.5, 0.6) is 0 Å². The quantitative estimate of drug-likeness (QED) is 0.623. The van der Waals surface area contributed by atoms with Gasteiger partial charge in [-0.1, -0.05) is 19.8 Å². The van der Waals surface area contributed by atoms with Crippen LogP contribution in [0.15, 0.2) is 4.99 Å². The van der Waals surface area contributed by atoms with E-state index in [1.165, 1.54) is 0 Å². The summed E-state index contributed by atoms with van der Waals surface area (Å²) in [5.41, 5.74) is 5.03. The minimum atomic E-state index is -0.692. The highest BCUT2D eigenvalue weighted by atomic mass is 16.2. The van der Waals surface area contributed by atoms with Crippen LogP contribution in [0.2, 0.25) is 0 Å². The molecule has 3 N–H and O–H groups in total. The summed E-state index contributed by atoms with van der Waals surface area (Å²) in [6, 6.07) is 2.08. The van der Waals surface area contributed by atoms with Gasteiger partial charge in [-0.05, 0) is 18.8 Å². The lowest BCUT2D eigenvalue weighted by atomic mass is 9.69. The molecule has 3 atom stereocenters. The van der Waals surface area contributed by atoms with Gasteiger partial charge in [0.15, 0.2) is 11.9 Å². The molecule has 5 nitrogen and oxygen atoms in total. The normalized spacial score (nSPS) is 38.8. The van der Waals surface area contributed by atoms with E-state index in [4.69, 9.17) is 11.0 Å². The van der Waals surface area contributed by atoms with Gasteiger partial charge in [-0.15, -0.1) is 0 Å². The second-order valence-corrected chi connectivity index (χ2v) is 4.85. The summed E-state index contributed by atoms with van der Waals surface area (Å²) in [6.45, 7) is 2.13. The van der Waals surface area contributed by atoms with Gasteiger partial charge in [-0.2, -0.15) is 5.26 Å². The number of hydrogen-bond donors (Lipinski definition) is 2. The summed E-state index contributed by atoms with van der Waals surface area (Å²) in [7, 11) is 0. The largest absolute Gasteiger partial charge is 0.370 e. The minimum absolute atomic E-state index is 0.158. The van der Waals surface area contributed by atoms with Crippen molar-refractivity contribution in [3.05, 3.63) is 0 Å². The van der Waals surface area contributed by atoms with E-state index in [9.17, 15) is 4.79 Å². The van der Waals surface area contributed by atoms with Crippen LogP contribution in [0.3, 0.4) is 0 Å². The van der Waals surface area contributed by atoms with E-state index in [1.807, 2.05) is 0 Å². The first-order valence-corrected chi connectivity index (χ1v) is 5.63. The lowest BCUT2D eigenvalue weighted by molar-refractivity contribution is -0.125. The van der Waals surface area contributed by atoms with Crippen LogP contribution in [0.25, 0.3) is 0 Å². The number of nitrogens with one attached hydrogen (secondary N) is 1. The molecule has 86 valence electrons. The first-order valence-electron chi connectivity index (χ1n) is 5.63. The average Bonchev–Trinajstić information content (AvgIpc) is 2.16. The van der Waals surface area contributed by atoms with Crippen molar-refractivity contribution in [3.8, 4) is 6.07 Å². The Kier molecular flexibility index (Phi) is 2.58. The molecule has 1 fully saturated rings. The van der Waals surface area contributed by atoms with Crippen molar-refractivity contribution in [2.75, 3.05) is 0 Å². The number of carbonyl (C=O) groups excluding carboxylic acids is 1. The van der Waals surface area contributed by atoms with Crippen LogP contribution in [-0.2, 0) is 4.79 Å². The van der Waals surface area contributed by atoms with Crippen molar-refractivity contribution in [3.63, 3.8) is 0 Å². The Balaban J connectivity index is 2.38. The number of amides is 1. The zero-order chi connectivity index (χ0) is 11.8. The van der Waals surface area contributed by atoms with E-state index in [0.29, 0.717) is 5.92 Å². The molecular formula is C11H16N4O. The number of hydrogen-bond acceptors (Lipinski definition) is 4. The lowest BCUT2D eigenvalue weighted by Crippen LogP contribution is -2.56. The smallest absolute Gasteiger partial charge is 0.246 e. The maximum Gasteiger partial charge on any atom is 0.246 e. The number of aliphatic imine (C=N–C) groups is 1. The highest BCUT2D eigenvalue weighted by Crippen LogP contribution is 2.41. The van der Waals surface area contributed by atoms with Crippen LogP contribution in [0.4, 0.5) is 0 Å². The third-order valence-electron chi connectivity index (χ3n) is 3.53. The average molecular weight is 220 g/mol. The second kappa shape index (κ2) is 3.78. The molecule has 1 amide bonds. The van der Waals surface area contributed by atoms with Crippen LogP contribution in [-0.4, -0.2) is 17.4 Å². The van der Waals surface area contributed by atoms with Gasteiger partial charge in [0.1, 0.15) is 0 Å². The molecule has 5 heteroatoms. The SMILES string of the molecule is CC1CCCC2(C1)N=C(N)NC(=O)C2C#N. The van der Waals surface area contributed by atoms with Crippen LogP contribution >= 0.6 is 0 Å². The maximum absolute atomic E-state index is 11.7. The monoisotopic (exact) mass is 220 g/mol. The topological polar surface area (TPSA) is 91.3 Å². The zero-order valence-corrected chi connectivity index (χ0v) is 9.36. The van der Waals surface area contributed by atoms with Crippen molar-refractivity contribution >= 4 is 11.9 Å². The van der Waals surface area contributed by atoms with Gasteiger partial charge in [-0.3, -0.25) is 10.1 Å². The molecule has 16 heavy (non-hydrogen) atoms. The number of carbonyl (C=O) groups is 1. The van der Waals surface area contributed by atoms with Gasteiger partial charge in [0.2, 0.25) is 5.91 Å². The fourth-order valence-electron chi connectivity index (χ4n) is 2.88. The summed E-state index contributed by atoms with van der Waals surface area (Å²) >= 11 is 0. The number of nitrogens with two attached hydrogens (primary N) is 1. The molecule has 1 saturated carbocycles. The Morgan fingerprint density at radius 2 is 2.44 bits per heavy atom. The molecule has 1 heterocycles. The molecule has 2 aliphatic rings. The van der Waals surface area contributed by atoms with Gasteiger partial charge >= 0.3 is 0 Å². The van der Waals surface area contributed by atoms with Crippen LogP contribution < -0.4 is 11.1 Å². The van der Waals surface area contributed by atoms with Crippen molar-refractivity contribution in [2.24, 2.45) is 22.6 Å². The van der Waals surface area contributed by atoms with Gasteiger partial charge in [0.25, 0.3) is 0 Å². The molecule has 0 radical (unpaired) electrons. The van der Waals surface area contributed by atoms with Gasteiger partial charge in [-0.25, -0.2) is 4.99 Å². The van der Waals surface area contributed by atoms with Gasteiger partial charge in [0, 0.05) is 0 Å². The Labute approximate surface area is 94.7 Å². The van der Waals surface area contributed by atoms with Crippen LogP contribution in [0.1, 0.15) is 32.6 Å². The molecule has 1 spiro atoms. The van der Waals surface area contributed by atoms with Gasteiger partial charge in [0.05, 0.1) is 11.6 Å². The third kappa shape index (κ3) is 1.64. The molecule has 1 aliphatic heterocycles. The molecule has 1 aliphatic carbocycles. The highest BCUT2D eigenvalue weighted by Gasteiger charge is 2.48. The summed E-state index contributed by atoms with van der Waals surface area (Å²) in [5.74, 6) is -0.343. The standard InChI is InChI=1S/C11H16N4O/c1-7-3-2-4-11(5-7)8(6-12)9(16)14-10(13)15-11/h7-8H,2-5H2,1H3,(H3,13,14,15,16). The van der Waals surface area contributed by atoms with E-state index >= 15 is 0 Å². The highest BCUT2D eigenvalue weighted by molar-refractivity contribution is 6.01. The van der Waals surface area contributed by atoms with E-state index in [2.05, 4.69) is 23.3 Å². The number of nitriles is 1. The maximum atomic E-state index is 11.7. The predicted molar refractivity (Wildman–Crippen MR) is 59.2 cm³/mol. The first kappa shape index (κ1) is 10.9. The van der Waals surface area contributed by atoms with E-state index in [0.717, 1.165) is 25.7 Å². The van der Waals surface area contributed by atoms with Crippen molar-refractivity contribution in [1.82, 2.24) is 5.32 Å². The Morgan fingerprint density at radius 3 is 3.06 bits per heavy atom. The molecule has 0 saturated heterocycles. The summed E-state index contributed by atoms with van der Waals surface area (Å²) in [6.07, 6.45) is 3.70. The zero-order valence-electron chi connectivity index (χ0n) is 9.36. The molecule has 0 aromatic heterocycles.